The molecule has 3 aromatic heterocycles. The lowest BCUT2D eigenvalue weighted by molar-refractivity contribution is 0.661. The van der Waals surface area contributed by atoms with Gasteiger partial charge in [-0.1, -0.05) is 111 Å². The second-order valence-electron chi connectivity index (χ2n) is 15.3. The van der Waals surface area contributed by atoms with Crippen molar-refractivity contribution in [3.05, 3.63) is 181 Å². The van der Waals surface area contributed by atoms with Crippen LogP contribution in [0.2, 0.25) is 0 Å². The van der Waals surface area contributed by atoms with E-state index in [1.165, 1.54) is 66.3 Å². The molecule has 1 aliphatic rings. The van der Waals surface area contributed by atoms with Crippen molar-refractivity contribution >= 4 is 65.6 Å². The third-order valence-corrected chi connectivity index (χ3v) is 12.1. The average molecular weight is 691 g/mol. The zero-order valence-electron chi connectivity index (χ0n) is 30.0. The Hall–Kier alpha value is -6.84. The van der Waals surface area contributed by atoms with Gasteiger partial charge in [0.05, 0.1) is 27.5 Å². The van der Waals surface area contributed by atoms with Crippen molar-refractivity contribution in [2.75, 3.05) is 0 Å². The van der Waals surface area contributed by atoms with Crippen LogP contribution in [0.4, 0.5) is 0 Å². The first-order valence-corrected chi connectivity index (χ1v) is 18.8. The smallest absolute Gasteiger partial charge is 0.145 e. The molecule has 54 heavy (non-hydrogen) atoms. The highest BCUT2D eigenvalue weighted by molar-refractivity contribution is 6.24. The van der Waals surface area contributed by atoms with Gasteiger partial charge in [0.2, 0.25) is 0 Å². The van der Waals surface area contributed by atoms with E-state index in [-0.39, 0.29) is 5.41 Å². The zero-order chi connectivity index (χ0) is 35.7. The largest absolute Gasteiger partial charge is 0.455 e. The van der Waals surface area contributed by atoms with Crippen LogP contribution in [0.3, 0.4) is 0 Å². The molecule has 0 spiro atoms. The Bertz CT molecular complexity index is 3340. The van der Waals surface area contributed by atoms with Crippen LogP contribution in [0.1, 0.15) is 25.0 Å². The summed E-state index contributed by atoms with van der Waals surface area (Å²) in [5, 5.41) is 7.19. The van der Waals surface area contributed by atoms with Gasteiger partial charge in [-0.3, -0.25) is 0 Å². The molecule has 1 aliphatic carbocycles. The van der Waals surface area contributed by atoms with Gasteiger partial charge in [-0.25, -0.2) is 0 Å². The van der Waals surface area contributed by atoms with Crippen molar-refractivity contribution in [2.45, 2.75) is 19.3 Å². The SMILES string of the molecule is CC1(C)c2ccccc2-c2c1ccc1c2c2cc(-c3ccc4c(c3)c3c5oc6ccccc6c5ccc3n4-c3ccccc3)ccc2n1-c1ccccc1. The van der Waals surface area contributed by atoms with E-state index in [4.69, 9.17) is 4.42 Å². The molecule has 0 N–H and O–H groups in total. The van der Waals surface area contributed by atoms with Crippen molar-refractivity contribution in [1.82, 2.24) is 9.13 Å². The molecular weight excluding hydrogens is 657 g/mol. The minimum Gasteiger partial charge on any atom is -0.455 e. The summed E-state index contributed by atoms with van der Waals surface area (Å²) in [5.41, 5.74) is 16.6. The van der Waals surface area contributed by atoms with E-state index in [1.807, 2.05) is 6.07 Å². The summed E-state index contributed by atoms with van der Waals surface area (Å²) in [4.78, 5) is 0. The molecule has 0 amide bonds. The van der Waals surface area contributed by atoms with Crippen molar-refractivity contribution in [3.8, 4) is 33.6 Å². The van der Waals surface area contributed by atoms with Gasteiger partial charge in [-0.05, 0) is 106 Å². The summed E-state index contributed by atoms with van der Waals surface area (Å²) >= 11 is 0. The van der Waals surface area contributed by atoms with E-state index in [9.17, 15) is 0 Å². The van der Waals surface area contributed by atoms with E-state index in [1.54, 1.807) is 0 Å². The maximum Gasteiger partial charge on any atom is 0.145 e. The lowest BCUT2D eigenvalue weighted by Crippen LogP contribution is -2.14. The molecule has 254 valence electrons. The zero-order valence-corrected chi connectivity index (χ0v) is 30.0. The summed E-state index contributed by atoms with van der Waals surface area (Å²) in [6.45, 7) is 4.73. The van der Waals surface area contributed by atoms with Gasteiger partial charge in [0, 0.05) is 43.7 Å². The highest BCUT2D eigenvalue weighted by Crippen LogP contribution is 2.53. The fourth-order valence-corrected chi connectivity index (χ4v) is 9.66. The lowest BCUT2D eigenvalue weighted by atomic mass is 9.82. The van der Waals surface area contributed by atoms with Gasteiger partial charge in [-0.2, -0.15) is 0 Å². The second-order valence-corrected chi connectivity index (χ2v) is 15.3. The second kappa shape index (κ2) is 10.6. The Kier molecular flexibility index (Phi) is 5.84. The van der Waals surface area contributed by atoms with Crippen LogP contribution < -0.4 is 0 Å². The maximum absolute atomic E-state index is 6.69. The minimum absolute atomic E-state index is 0.0844. The fourth-order valence-electron chi connectivity index (χ4n) is 9.66. The van der Waals surface area contributed by atoms with Gasteiger partial charge in [0.15, 0.2) is 0 Å². The molecule has 3 nitrogen and oxygen atoms in total. The number of furan rings is 1. The number of nitrogens with zero attached hydrogens (tertiary/aromatic N) is 2. The van der Waals surface area contributed by atoms with Crippen molar-refractivity contribution in [3.63, 3.8) is 0 Å². The molecule has 0 saturated carbocycles. The third-order valence-electron chi connectivity index (χ3n) is 12.1. The number of fused-ring (bicyclic) bond motifs is 14. The van der Waals surface area contributed by atoms with Crippen molar-refractivity contribution < 1.29 is 4.42 Å². The first kappa shape index (κ1) is 29.7. The van der Waals surface area contributed by atoms with E-state index < -0.39 is 0 Å². The Balaban J connectivity index is 1.17. The minimum atomic E-state index is -0.0844. The predicted molar refractivity (Wildman–Crippen MR) is 225 cm³/mol. The molecule has 12 rings (SSSR count). The molecule has 0 fully saturated rings. The van der Waals surface area contributed by atoms with Crippen LogP contribution in [0.15, 0.2) is 174 Å². The molecule has 0 bridgehead atoms. The number of rotatable bonds is 3. The van der Waals surface area contributed by atoms with Gasteiger partial charge < -0.3 is 13.6 Å². The lowest BCUT2D eigenvalue weighted by Gasteiger charge is -2.21. The summed E-state index contributed by atoms with van der Waals surface area (Å²) < 4.78 is 11.5. The van der Waals surface area contributed by atoms with Crippen LogP contribution in [0, 0.1) is 0 Å². The number of hydrogen-bond acceptors (Lipinski definition) is 1. The summed E-state index contributed by atoms with van der Waals surface area (Å²) in [6, 6.07) is 62.0. The Morgan fingerprint density at radius 1 is 0.426 bits per heavy atom. The number of benzene rings is 8. The molecular formula is C51H34N2O. The molecule has 0 radical (unpaired) electrons. The molecule has 0 atom stereocenters. The van der Waals surface area contributed by atoms with Crippen LogP contribution in [0.5, 0.6) is 0 Å². The van der Waals surface area contributed by atoms with E-state index >= 15 is 0 Å². The Labute approximate surface area is 311 Å². The molecule has 0 aliphatic heterocycles. The summed E-state index contributed by atoms with van der Waals surface area (Å²) in [5.74, 6) is 0. The first-order chi connectivity index (χ1) is 26.6. The Morgan fingerprint density at radius 2 is 0.981 bits per heavy atom. The van der Waals surface area contributed by atoms with Gasteiger partial charge >= 0.3 is 0 Å². The van der Waals surface area contributed by atoms with Crippen LogP contribution in [0.25, 0.3) is 99.2 Å². The van der Waals surface area contributed by atoms with Gasteiger partial charge in [-0.15, -0.1) is 0 Å². The highest BCUT2D eigenvalue weighted by atomic mass is 16.3. The van der Waals surface area contributed by atoms with Gasteiger partial charge in [0.1, 0.15) is 11.2 Å². The molecule has 11 aromatic rings. The van der Waals surface area contributed by atoms with Crippen LogP contribution >= 0.6 is 0 Å². The van der Waals surface area contributed by atoms with Crippen molar-refractivity contribution in [1.29, 1.82) is 0 Å². The summed E-state index contributed by atoms with van der Waals surface area (Å²) in [6.07, 6.45) is 0. The Morgan fingerprint density at radius 3 is 1.69 bits per heavy atom. The monoisotopic (exact) mass is 690 g/mol. The normalized spacial score (nSPS) is 13.5. The molecule has 0 saturated heterocycles. The topological polar surface area (TPSA) is 23.0 Å². The predicted octanol–water partition coefficient (Wildman–Crippen LogP) is 13.8. The van der Waals surface area contributed by atoms with Crippen LogP contribution in [-0.4, -0.2) is 9.13 Å². The third kappa shape index (κ3) is 3.85. The van der Waals surface area contributed by atoms with E-state index in [0.717, 1.165) is 44.0 Å². The van der Waals surface area contributed by atoms with Gasteiger partial charge in [0.25, 0.3) is 0 Å². The summed E-state index contributed by atoms with van der Waals surface area (Å²) in [7, 11) is 0. The number of para-hydroxylation sites is 3. The first-order valence-electron chi connectivity index (χ1n) is 18.8. The molecule has 0 unspecified atom stereocenters. The van der Waals surface area contributed by atoms with Crippen LogP contribution in [-0.2, 0) is 5.41 Å². The van der Waals surface area contributed by atoms with E-state index in [0.29, 0.717) is 0 Å². The number of hydrogen-bond donors (Lipinski definition) is 0. The van der Waals surface area contributed by atoms with E-state index in [2.05, 4.69) is 187 Å². The maximum atomic E-state index is 6.69. The quantitative estimate of drug-likeness (QED) is 0.181. The highest BCUT2D eigenvalue weighted by Gasteiger charge is 2.37. The molecule has 3 heteroatoms. The molecule has 3 heterocycles. The average Bonchev–Trinajstić information content (AvgIpc) is 3.93. The fraction of sp³-hybridized carbons (Fsp3) is 0.0588. The standard InChI is InChI=1S/C51H34N2O/c1-51(2)40-19-11-9-18-37(40)47-41(51)24-28-44-48(47)38-29-31(21-25-42(38)52(44)33-13-5-3-6-14-33)32-22-26-43-39(30-32)49-45(53(43)34-15-7-4-8-16-34)27-23-36-35-17-10-12-20-46(35)54-50(36)49/h3-30H,1-2H3. The van der Waals surface area contributed by atoms with Crippen molar-refractivity contribution in [2.24, 2.45) is 0 Å². The molecule has 8 aromatic carbocycles. The number of aromatic nitrogens is 2.